The standard InChI is InChI=1S/C16H24O7S2/c1-2-4-16-15(3-1)21-13-11-19-9-7-17-5-6-18-8-10-20-12-14-22-24-25-23-16/h1-4H,5-14H2. The molecular weight excluding hydrogens is 368 g/mol. The van der Waals surface area contributed by atoms with E-state index in [1.54, 1.807) is 0 Å². The lowest BCUT2D eigenvalue weighted by molar-refractivity contribution is -0.00647. The summed E-state index contributed by atoms with van der Waals surface area (Å²) in [6, 6.07) is 7.48. The van der Waals surface area contributed by atoms with Crippen LogP contribution in [0.3, 0.4) is 0 Å². The second kappa shape index (κ2) is 14.5. The van der Waals surface area contributed by atoms with Crippen LogP contribution >= 0.6 is 22.1 Å². The molecule has 0 saturated carbocycles. The molecule has 1 aromatic carbocycles. The van der Waals surface area contributed by atoms with Crippen LogP contribution in [0.2, 0.25) is 0 Å². The van der Waals surface area contributed by atoms with Crippen LogP contribution in [0.25, 0.3) is 0 Å². The molecule has 7 nitrogen and oxygen atoms in total. The third-order valence-electron chi connectivity index (χ3n) is 2.96. The number of hydrogen-bond acceptors (Lipinski definition) is 9. The molecule has 9 heteroatoms. The average Bonchev–Trinajstić information content (AvgIpc) is 2.64. The number of benzene rings is 1. The van der Waals surface area contributed by atoms with Gasteiger partial charge in [-0.05, 0) is 12.1 Å². The Kier molecular flexibility index (Phi) is 12.0. The molecule has 0 spiro atoms. The van der Waals surface area contributed by atoms with Crippen molar-refractivity contribution in [2.45, 2.75) is 0 Å². The lowest BCUT2D eigenvalue weighted by atomic mass is 10.3. The summed E-state index contributed by atoms with van der Waals surface area (Å²) in [5.74, 6) is 1.31. The molecule has 142 valence electrons. The maximum atomic E-state index is 5.69. The second-order valence-corrected chi connectivity index (χ2v) is 6.28. The zero-order chi connectivity index (χ0) is 17.4. The van der Waals surface area contributed by atoms with Gasteiger partial charge in [0, 0.05) is 0 Å². The summed E-state index contributed by atoms with van der Waals surface area (Å²) in [5.41, 5.74) is 0. The van der Waals surface area contributed by atoms with Gasteiger partial charge < -0.3 is 32.1 Å². The Morgan fingerprint density at radius 2 is 1.08 bits per heavy atom. The summed E-state index contributed by atoms with van der Waals surface area (Å²) in [6.45, 7) is 5.12. The molecule has 0 unspecified atom stereocenters. The van der Waals surface area contributed by atoms with Crippen molar-refractivity contribution in [1.29, 1.82) is 0 Å². The summed E-state index contributed by atoms with van der Waals surface area (Å²) < 4.78 is 38.3. The molecule has 1 aromatic rings. The van der Waals surface area contributed by atoms with Gasteiger partial charge in [-0.3, -0.25) is 0 Å². The van der Waals surface area contributed by atoms with Gasteiger partial charge in [0.05, 0.1) is 59.5 Å². The maximum absolute atomic E-state index is 5.69. The van der Waals surface area contributed by atoms with E-state index in [9.17, 15) is 0 Å². The lowest BCUT2D eigenvalue weighted by Gasteiger charge is -2.11. The Balaban J connectivity index is 1.73. The van der Waals surface area contributed by atoms with Crippen molar-refractivity contribution in [1.82, 2.24) is 0 Å². The van der Waals surface area contributed by atoms with Gasteiger partial charge in [0.25, 0.3) is 0 Å². The number of hydrogen-bond donors (Lipinski definition) is 0. The summed E-state index contributed by atoms with van der Waals surface area (Å²) in [5, 5.41) is 0. The van der Waals surface area contributed by atoms with Crippen LogP contribution in [0, 0.1) is 0 Å². The van der Waals surface area contributed by atoms with Crippen molar-refractivity contribution in [2.75, 3.05) is 66.1 Å². The van der Waals surface area contributed by atoms with Crippen molar-refractivity contribution in [2.24, 2.45) is 0 Å². The molecule has 1 aliphatic heterocycles. The van der Waals surface area contributed by atoms with E-state index in [0.717, 1.165) is 22.1 Å². The fourth-order valence-electron chi connectivity index (χ4n) is 1.81. The highest BCUT2D eigenvalue weighted by molar-refractivity contribution is 8.73. The minimum absolute atomic E-state index is 0.440. The predicted octanol–water partition coefficient (Wildman–Crippen LogP) is 2.75. The molecule has 0 aliphatic carbocycles. The summed E-state index contributed by atoms with van der Waals surface area (Å²) in [7, 11) is 0. The molecule has 0 fully saturated rings. The fourth-order valence-corrected chi connectivity index (χ4v) is 2.85. The fraction of sp³-hybridized carbons (Fsp3) is 0.625. The minimum atomic E-state index is 0.440. The van der Waals surface area contributed by atoms with Crippen LogP contribution in [0.4, 0.5) is 0 Å². The van der Waals surface area contributed by atoms with Gasteiger partial charge in [-0.15, -0.1) is 0 Å². The largest absolute Gasteiger partial charge is 0.487 e. The highest BCUT2D eigenvalue weighted by Gasteiger charge is 2.06. The Morgan fingerprint density at radius 1 is 0.560 bits per heavy atom. The molecule has 1 aliphatic rings. The SMILES string of the molecule is c1ccc2c(c1)OCCOCCOCCOCCOCCOSSO2. The van der Waals surface area contributed by atoms with Crippen molar-refractivity contribution in [3.8, 4) is 11.5 Å². The molecule has 2 rings (SSSR count). The predicted molar refractivity (Wildman–Crippen MR) is 97.0 cm³/mol. The highest BCUT2D eigenvalue weighted by Crippen LogP contribution is 2.33. The van der Waals surface area contributed by atoms with E-state index in [0.29, 0.717) is 77.6 Å². The number of para-hydroxylation sites is 2. The molecular formula is C16H24O7S2. The smallest absolute Gasteiger partial charge is 0.180 e. The third-order valence-corrected chi connectivity index (χ3v) is 4.19. The molecule has 25 heavy (non-hydrogen) atoms. The summed E-state index contributed by atoms with van der Waals surface area (Å²) in [4.78, 5) is 0. The van der Waals surface area contributed by atoms with Gasteiger partial charge >= 0.3 is 0 Å². The van der Waals surface area contributed by atoms with Gasteiger partial charge in [-0.25, -0.2) is 0 Å². The van der Waals surface area contributed by atoms with E-state index in [2.05, 4.69) is 0 Å². The zero-order valence-corrected chi connectivity index (χ0v) is 15.7. The van der Waals surface area contributed by atoms with Crippen molar-refractivity contribution in [3.63, 3.8) is 0 Å². The van der Waals surface area contributed by atoms with Crippen LogP contribution in [0.5, 0.6) is 11.5 Å². The van der Waals surface area contributed by atoms with Crippen LogP contribution in [-0.2, 0) is 23.1 Å². The van der Waals surface area contributed by atoms with Gasteiger partial charge in [-0.2, -0.15) is 0 Å². The lowest BCUT2D eigenvalue weighted by Crippen LogP contribution is -2.14. The van der Waals surface area contributed by atoms with Gasteiger partial charge in [0.1, 0.15) is 17.7 Å². The van der Waals surface area contributed by atoms with E-state index in [4.69, 9.17) is 32.1 Å². The van der Waals surface area contributed by atoms with Crippen molar-refractivity contribution < 1.29 is 32.1 Å². The van der Waals surface area contributed by atoms with Crippen LogP contribution < -0.4 is 8.92 Å². The first-order valence-corrected chi connectivity index (χ1v) is 10.1. The van der Waals surface area contributed by atoms with Gasteiger partial charge in [-0.1, -0.05) is 12.1 Å². The minimum Gasteiger partial charge on any atom is -0.487 e. The first-order chi connectivity index (χ1) is 12.5. The first kappa shape index (κ1) is 20.6. The Labute approximate surface area is 156 Å². The second-order valence-electron chi connectivity index (χ2n) is 4.79. The molecule has 0 amide bonds. The van der Waals surface area contributed by atoms with Crippen LogP contribution in [0.1, 0.15) is 0 Å². The number of fused-ring (bicyclic) bond motifs is 1. The highest BCUT2D eigenvalue weighted by atomic mass is 33.1. The summed E-state index contributed by atoms with van der Waals surface area (Å²) >= 11 is 2.29. The van der Waals surface area contributed by atoms with Crippen LogP contribution in [0.15, 0.2) is 24.3 Å². The Bertz CT molecular complexity index is 411. The van der Waals surface area contributed by atoms with Crippen LogP contribution in [-0.4, -0.2) is 66.1 Å². The number of rotatable bonds is 0. The first-order valence-electron chi connectivity index (χ1n) is 8.12. The maximum Gasteiger partial charge on any atom is 0.180 e. The topological polar surface area (TPSA) is 64.6 Å². The quantitative estimate of drug-likeness (QED) is 0.490. The molecule has 0 radical (unpaired) electrons. The Morgan fingerprint density at radius 3 is 1.72 bits per heavy atom. The van der Waals surface area contributed by atoms with E-state index in [1.165, 1.54) is 0 Å². The van der Waals surface area contributed by atoms with Crippen molar-refractivity contribution >= 4 is 22.1 Å². The molecule has 0 atom stereocenters. The van der Waals surface area contributed by atoms with E-state index in [-0.39, 0.29) is 0 Å². The monoisotopic (exact) mass is 392 g/mol. The van der Waals surface area contributed by atoms with E-state index >= 15 is 0 Å². The Hall–Kier alpha value is -0.680. The number of ether oxygens (including phenoxy) is 5. The summed E-state index contributed by atoms with van der Waals surface area (Å²) in [6.07, 6.45) is 0. The molecule has 0 bridgehead atoms. The normalized spacial score (nSPS) is 20.3. The molecule has 0 saturated heterocycles. The van der Waals surface area contributed by atoms with E-state index in [1.807, 2.05) is 24.3 Å². The van der Waals surface area contributed by atoms with Gasteiger partial charge in [0.2, 0.25) is 0 Å². The van der Waals surface area contributed by atoms with Crippen molar-refractivity contribution in [3.05, 3.63) is 24.3 Å². The average molecular weight is 392 g/mol. The zero-order valence-electron chi connectivity index (χ0n) is 14.1. The molecule has 1 heterocycles. The van der Waals surface area contributed by atoms with E-state index < -0.39 is 0 Å². The third kappa shape index (κ3) is 10.1. The van der Waals surface area contributed by atoms with Gasteiger partial charge in [0.15, 0.2) is 22.6 Å². The molecule has 0 N–H and O–H groups in total. The molecule has 0 aromatic heterocycles.